The summed E-state index contributed by atoms with van der Waals surface area (Å²) < 4.78 is 32.5. The van der Waals surface area contributed by atoms with Crippen molar-refractivity contribution >= 4 is 10.1 Å². The van der Waals surface area contributed by atoms with Crippen molar-refractivity contribution in [2.75, 3.05) is 20.6 Å². The van der Waals surface area contributed by atoms with Gasteiger partial charge in [-0.1, -0.05) is 65.2 Å². The van der Waals surface area contributed by atoms with Crippen LogP contribution in [0.1, 0.15) is 84.5 Å². The molecule has 1 atom stereocenters. The maximum absolute atomic E-state index is 11.4. The third-order valence-corrected chi connectivity index (χ3v) is 6.15. The zero-order valence-corrected chi connectivity index (χ0v) is 16.4. The van der Waals surface area contributed by atoms with E-state index in [-0.39, 0.29) is 5.48 Å². The fraction of sp³-hybridized carbons (Fsp3) is 1.00. The molecular formula is C17H39NO4S. The van der Waals surface area contributed by atoms with E-state index in [1.165, 1.54) is 51.4 Å². The van der Waals surface area contributed by atoms with Crippen LogP contribution in [0.15, 0.2) is 0 Å². The lowest BCUT2D eigenvalue weighted by Crippen LogP contribution is -2.52. The molecule has 0 spiro atoms. The van der Waals surface area contributed by atoms with Crippen molar-refractivity contribution < 1.29 is 22.9 Å². The van der Waals surface area contributed by atoms with Crippen LogP contribution in [0.2, 0.25) is 0 Å². The molecule has 0 amide bonds. The largest absolute Gasteiger partial charge is 0.870 e. The molecule has 0 bridgehead atoms. The molecule has 0 aromatic heterocycles. The Morgan fingerprint density at radius 2 is 1.22 bits per heavy atom. The van der Waals surface area contributed by atoms with Gasteiger partial charge in [0, 0.05) is 6.42 Å². The van der Waals surface area contributed by atoms with Crippen LogP contribution in [-0.2, 0) is 10.1 Å². The highest BCUT2D eigenvalue weighted by atomic mass is 32.2. The number of hydrogen-bond acceptors (Lipinski definition) is 3. The molecule has 142 valence electrons. The molecule has 23 heavy (non-hydrogen) atoms. The molecular weight excluding hydrogens is 314 g/mol. The van der Waals surface area contributed by atoms with Gasteiger partial charge in [-0.15, -0.1) is 0 Å². The first-order valence-electron chi connectivity index (χ1n) is 9.04. The second-order valence-corrected chi connectivity index (χ2v) is 8.64. The zero-order chi connectivity index (χ0) is 17.1. The van der Waals surface area contributed by atoms with E-state index < -0.39 is 15.5 Å². The summed E-state index contributed by atoms with van der Waals surface area (Å²) >= 11 is 0. The van der Waals surface area contributed by atoms with Crippen LogP contribution >= 0.6 is 0 Å². The summed E-state index contributed by atoms with van der Waals surface area (Å²) in [7, 11) is -0.166. The maximum Gasteiger partial charge on any atom is 0.319 e. The number of nitrogens with zero attached hydrogens (tertiary/aromatic N) is 1. The molecule has 0 saturated heterocycles. The molecule has 0 aliphatic rings. The number of rotatable bonds is 14. The smallest absolute Gasteiger partial charge is 0.319 e. The van der Waals surface area contributed by atoms with Gasteiger partial charge in [0.25, 0.3) is 0 Å². The van der Waals surface area contributed by atoms with Gasteiger partial charge in [-0.05, 0) is 12.8 Å². The highest BCUT2D eigenvalue weighted by Gasteiger charge is 2.36. The van der Waals surface area contributed by atoms with Gasteiger partial charge in [0.1, 0.15) is 0 Å². The summed E-state index contributed by atoms with van der Waals surface area (Å²) in [5, 5.41) is -0.703. The lowest BCUT2D eigenvalue weighted by atomic mass is 10.1. The molecule has 0 aromatic rings. The predicted octanol–water partition coefficient (Wildman–Crippen LogP) is 4.43. The van der Waals surface area contributed by atoms with Gasteiger partial charge >= 0.3 is 10.1 Å². The molecule has 0 heterocycles. The molecule has 0 fully saturated rings. The van der Waals surface area contributed by atoms with Crippen LogP contribution < -0.4 is 0 Å². The van der Waals surface area contributed by atoms with Crippen LogP contribution in [0.5, 0.6) is 0 Å². The SMILES string of the molecule is CCCCCCCCCCCC[N+](C)(C)C(CC)S(=O)(=O)O.[OH-]. The Balaban J connectivity index is 0. The van der Waals surface area contributed by atoms with Gasteiger partial charge in [-0.2, -0.15) is 8.42 Å². The summed E-state index contributed by atoms with van der Waals surface area (Å²) in [4.78, 5) is 0. The molecule has 0 saturated carbocycles. The highest BCUT2D eigenvalue weighted by Crippen LogP contribution is 2.18. The summed E-state index contributed by atoms with van der Waals surface area (Å²) in [6.45, 7) is 4.86. The van der Waals surface area contributed by atoms with E-state index in [9.17, 15) is 13.0 Å². The predicted molar refractivity (Wildman–Crippen MR) is 96.4 cm³/mol. The van der Waals surface area contributed by atoms with Gasteiger partial charge in [-0.3, -0.25) is 4.55 Å². The van der Waals surface area contributed by atoms with Crippen molar-refractivity contribution in [1.82, 2.24) is 0 Å². The van der Waals surface area contributed by atoms with E-state index in [2.05, 4.69) is 6.92 Å². The van der Waals surface area contributed by atoms with Gasteiger partial charge in [0.05, 0.1) is 20.6 Å². The summed E-state index contributed by atoms with van der Waals surface area (Å²) in [6.07, 6.45) is 13.2. The van der Waals surface area contributed by atoms with Crippen molar-refractivity contribution in [3.8, 4) is 0 Å². The monoisotopic (exact) mass is 353 g/mol. The molecule has 0 rings (SSSR count). The lowest BCUT2D eigenvalue weighted by Gasteiger charge is -2.35. The van der Waals surface area contributed by atoms with Crippen molar-refractivity contribution in [1.29, 1.82) is 0 Å². The number of unbranched alkanes of at least 4 members (excludes halogenated alkanes) is 9. The Morgan fingerprint density at radius 3 is 1.57 bits per heavy atom. The van der Waals surface area contributed by atoms with E-state index in [1.54, 1.807) is 0 Å². The Bertz CT molecular complexity index is 369. The normalized spacial score (nSPS) is 13.6. The average molecular weight is 354 g/mol. The van der Waals surface area contributed by atoms with E-state index in [0.29, 0.717) is 10.9 Å². The maximum atomic E-state index is 11.4. The fourth-order valence-electron chi connectivity index (χ4n) is 3.22. The minimum Gasteiger partial charge on any atom is -0.870 e. The third-order valence-electron chi connectivity index (χ3n) is 4.56. The molecule has 2 N–H and O–H groups in total. The van der Waals surface area contributed by atoms with Crippen LogP contribution in [-0.4, -0.2) is 48.9 Å². The summed E-state index contributed by atoms with van der Waals surface area (Å²) in [6, 6.07) is 0. The van der Waals surface area contributed by atoms with E-state index in [1.807, 2.05) is 21.0 Å². The highest BCUT2D eigenvalue weighted by molar-refractivity contribution is 7.86. The quantitative estimate of drug-likeness (QED) is 0.284. The Morgan fingerprint density at radius 1 is 0.826 bits per heavy atom. The molecule has 1 unspecified atom stereocenters. The Kier molecular flexibility index (Phi) is 14.3. The topological polar surface area (TPSA) is 84.4 Å². The van der Waals surface area contributed by atoms with Crippen LogP contribution in [0.25, 0.3) is 0 Å². The van der Waals surface area contributed by atoms with Crippen molar-refractivity contribution in [3.63, 3.8) is 0 Å². The van der Waals surface area contributed by atoms with E-state index >= 15 is 0 Å². The first-order chi connectivity index (χ1) is 10.3. The molecule has 0 aliphatic heterocycles. The first kappa shape index (κ1) is 25.1. The third kappa shape index (κ3) is 11.9. The van der Waals surface area contributed by atoms with E-state index in [0.717, 1.165) is 19.4 Å². The van der Waals surface area contributed by atoms with Gasteiger partial charge < -0.3 is 9.96 Å². The van der Waals surface area contributed by atoms with Gasteiger partial charge in [0.15, 0.2) is 0 Å². The van der Waals surface area contributed by atoms with Crippen molar-refractivity contribution in [3.05, 3.63) is 0 Å². The van der Waals surface area contributed by atoms with Crippen LogP contribution in [0.4, 0.5) is 0 Å². The second-order valence-electron chi connectivity index (χ2n) is 7.06. The standard InChI is InChI=1S/C17H37NO3S.H2O/c1-5-7-8-9-10-11-12-13-14-15-16-18(3,4)17(6-2)22(19,20)21;/h17H,5-16H2,1-4H3;1H2. The lowest BCUT2D eigenvalue weighted by molar-refractivity contribution is -0.902. The molecule has 0 aromatic carbocycles. The summed E-state index contributed by atoms with van der Waals surface area (Å²) in [5.74, 6) is 0. The molecule has 5 nitrogen and oxygen atoms in total. The zero-order valence-electron chi connectivity index (χ0n) is 15.6. The minimum absolute atomic E-state index is 0. The molecule has 0 radical (unpaired) electrons. The van der Waals surface area contributed by atoms with Gasteiger partial charge in [-0.25, -0.2) is 0 Å². The second kappa shape index (κ2) is 13.2. The number of hydrogen-bond donors (Lipinski definition) is 1. The molecule has 6 heteroatoms. The van der Waals surface area contributed by atoms with Crippen LogP contribution in [0.3, 0.4) is 0 Å². The van der Waals surface area contributed by atoms with Gasteiger partial charge in [0.2, 0.25) is 5.37 Å². The number of quaternary nitrogens is 1. The van der Waals surface area contributed by atoms with E-state index in [4.69, 9.17) is 0 Å². The van der Waals surface area contributed by atoms with Crippen molar-refractivity contribution in [2.24, 2.45) is 0 Å². The van der Waals surface area contributed by atoms with Crippen molar-refractivity contribution in [2.45, 2.75) is 89.9 Å². The summed E-state index contributed by atoms with van der Waals surface area (Å²) in [5.41, 5.74) is 0. The van der Waals surface area contributed by atoms with Crippen LogP contribution in [0, 0.1) is 0 Å². The molecule has 0 aliphatic carbocycles. The Labute approximate surface area is 144 Å². The first-order valence-corrected chi connectivity index (χ1v) is 10.5. The Hall–Kier alpha value is -0.170. The minimum atomic E-state index is -3.96. The fourth-order valence-corrected chi connectivity index (χ4v) is 4.46. The average Bonchev–Trinajstić information content (AvgIpc) is 2.39.